The average molecular weight is 325 g/mol. The van der Waals surface area contributed by atoms with Crippen molar-refractivity contribution in [3.05, 3.63) is 41.7 Å². The maximum Gasteiger partial charge on any atom is 0.573 e. The van der Waals surface area contributed by atoms with E-state index in [1.165, 1.54) is 0 Å². The van der Waals surface area contributed by atoms with E-state index in [9.17, 15) is 22.0 Å². The second-order valence-corrected chi connectivity index (χ2v) is 4.25. The van der Waals surface area contributed by atoms with Gasteiger partial charge in [0, 0.05) is 6.07 Å². The van der Waals surface area contributed by atoms with Gasteiger partial charge in [0.1, 0.15) is 5.75 Å². The Morgan fingerprint density at radius 1 is 1.10 bits per heavy atom. The molecule has 0 spiro atoms. The third kappa shape index (κ3) is 3.38. The number of hydrogen-bond donors (Lipinski definition) is 0. The summed E-state index contributed by atoms with van der Waals surface area (Å²) >= 11 is 5.59. The molecule has 3 nitrogen and oxygen atoms in total. The fourth-order valence-electron chi connectivity index (χ4n) is 1.52. The predicted molar refractivity (Wildman–Crippen MR) is 65.3 cm³/mol. The number of rotatable bonds is 3. The van der Waals surface area contributed by atoms with Crippen LogP contribution in [0.25, 0.3) is 11.0 Å². The van der Waals surface area contributed by atoms with Gasteiger partial charge in [0.25, 0.3) is 0 Å². The topological polar surface area (TPSA) is 35.0 Å². The van der Waals surface area contributed by atoms with Crippen LogP contribution in [0, 0.1) is 0 Å². The molecule has 0 N–H and O–H groups in total. The zero-order valence-corrected chi connectivity index (χ0v) is 10.8. The lowest BCUT2D eigenvalue weighted by Crippen LogP contribution is -2.17. The summed E-state index contributed by atoms with van der Waals surface area (Å²) in [6, 6.07) is 2.91. The second kappa shape index (κ2) is 5.10. The van der Waals surface area contributed by atoms with E-state index in [-0.39, 0.29) is 11.0 Å². The second-order valence-electron chi connectivity index (χ2n) is 3.89. The van der Waals surface area contributed by atoms with Gasteiger partial charge < -0.3 is 4.74 Å². The monoisotopic (exact) mass is 324 g/mol. The molecular weight excluding hydrogens is 319 g/mol. The molecular formula is C12H6ClF5N2O. The lowest BCUT2D eigenvalue weighted by atomic mass is 10.2. The number of ether oxygens (including phenoxy) is 1. The van der Waals surface area contributed by atoms with Crippen LogP contribution in [-0.2, 0) is 5.92 Å². The van der Waals surface area contributed by atoms with E-state index in [1.807, 2.05) is 0 Å². The van der Waals surface area contributed by atoms with Gasteiger partial charge in [-0.15, -0.1) is 13.2 Å². The molecule has 0 unspecified atom stereocenters. The molecule has 1 heterocycles. The highest BCUT2D eigenvalue weighted by molar-refractivity contribution is 6.30. The molecule has 0 saturated heterocycles. The van der Waals surface area contributed by atoms with Crippen LogP contribution in [0.3, 0.4) is 0 Å². The zero-order valence-electron chi connectivity index (χ0n) is 10.1. The summed E-state index contributed by atoms with van der Waals surface area (Å²) in [4.78, 5) is 7.21. The van der Waals surface area contributed by atoms with Gasteiger partial charge >= 0.3 is 12.3 Å². The molecule has 0 aliphatic rings. The largest absolute Gasteiger partial charge is 0.573 e. The molecule has 0 radical (unpaired) electrons. The van der Waals surface area contributed by atoms with E-state index in [1.54, 1.807) is 0 Å². The number of fused-ring (bicyclic) bond motifs is 1. The van der Waals surface area contributed by atoms with Gasteiger partial charge in [0.2, 0.25) is 0 Å². The molecule has 0 aliphatic carbocycles. The molecule has 2 aromatic rings. The number of hydrogen-bond acceptors (Lipinski definition) is 3. The normalized spacial score (nSPS) is 12.5. The summed E-state index contributed by atoms with van der Waals surface area (Å²) in [5.41, 5.74) is -0.980. The predicted octanol–water partition coefficient (Wildman–Crippen LogP) is 4.46. The minimum atomic E-state index is -4.87. The highest BCUT2D eigenvalue weighted by Gasteiger charge is 2.34. The van der Waals surface area contributed by atoms with Crippen molar-refractivity contribution in [3.63, 3.8) is 0 Å². The van der Waals surface area contributed by atoms with E-state index in [0.29, 0.717) is 6.08 Å². The Morgan fingerprint density at radius 3 is 2.33 bits per heavy atom. The number of alkyl halides is 5. The molecule has 0 bridgehead atoms. The number of allylic oxidation sites excluding steroid dienone is 1. The lowest BCUT2D eigenvalue weighted by Gasteiger charge is -2.13. The van der Waals surface area contributed by atoms with Crippen LogP contribution in [0.2, 0.25) is 5.15 Å². The molecule has 1 aromatic carbocycles. The van der Waals surface area contributed by atoms with Crippen LogP contribution >= 0.6 is 11.6 Å². The zero-order chi connectivity index (χ0) is 15.8. The van der Waals surface area contributed by atoms with Crippen LogP contribution in [0.5, 0.6) is 5.75 Å². The lowest BCUT2D eigenvalue weighted by molar-refractivity contribution is -0.274. The van der Waals surface area contributed by atoms with Crippen molar-refractivity contribution >= 4 is 22.6 Å². The summed E-state index contributed by atoms with van der Waals surface area (Å²) in [6.07, 6.45) is -4.53. The third-order valence-corrected chi connectivity index (χ3v) is 2.66. The Hall–Kier alpha value is -1.96. The van der Waals surface area contributed by atoms with Crippen molar-refractivity contribution in [1.82, 2.24) is 9.97 Å². The Kier molecular flexibility index (Phi) is 3.75. The number of halogens is 6. The van der Waals surface area contributed by atoms with E-state index in [2.05, 4.69) is 21.3 Å². The maximum absolute atomic E-state index is 13.5. The third-order valence-electron chi connectivity index (χ3n) is 2.40. The number of benzene rings is 1. The van der Waals surface area contributed by atoms with E-state index in [4.69, 9.17) is 11.6 Å². The maximum atomic E-state index is 13.5. The fourth-order valence-corrected chi connectivity index (χ4v) is 1.78. The molecule has 0 amide bonds. The van der Waals surface area contributed by atoms with Crippen LogP contribution < -0.4 is 4.74 Å². The highest BCUT2D eigenvalue weighted by atomic mass is 35.5. The smallest absolute Gasteiger partial charge is 0.406 e. The molecule has 9 heteroatoms. The molecule has 112 valence electrons. The van der Waals surface area contributed by atoms with Gasteiger partial charge in [-0.3, -0.25) is 0 Å². The minimum Gasteiger partial charge on any atom is -0.406 e. The highest BCUT2D eigenvalue weighted by Crippen LogP contribution is 2.34. The Balaban J connectivity index is 2.52. The van der Waals surface area contributed by atoms with Crippen molar-refractivity contribution < 1.29 is 26.7 Å². The van der Waals surface area contributed by atoms with Crippen molar-refractivity contribution in [1.29, 1.82) is 0 Å². The summed E-state index contributed by atoms with van der Waals surface area (Å²) < 4.78 is 67.0. The van der Waals surface area contributed by atoms with Gasteiger partial charge in [-0.1, -0.05) is 18.2 Å². The molecule has 21 heavy (non-hydrogen) atoms. The number of aromatic nitrogens is 2. The molecule has 1 aromatic heterocycles. The first-order valence-electron chi connectivity index (χ1n) is 5.37. The first kappa shape index (κ1) is 15.4. The van der Waals surface area contributed by atoms with Gasteiger partial charge in [-0.25, -0.2) is 9.97 Å². The van der Waals surface area contributed by atoms with Crippen molar-refractivity contribution in [2.24, 2.45) is 0 Å². The summed E-state index contributed by atoms with van der Waals surface area (Å²) in [5, 5.41) is -0.628. The van der Waals surface area contributed by atoms with Gasteiger partial charge in [0.15, 0.2) is 10.8 Å². The van der Waals surface area contributed by atoms with Crippen molar-refractivity contribution in [3.8, 4) is 5.75 Å². The van der Waals surface area contributed by atoms with Crippen molar-refractivity contribution in [2.75, 3.05) is 0 Å². The molecule has 0 saturated carbocycles. The molecule has 0 atom stereocenters. The first-order valence-corrected chi connectivity index (χ1v) is 5.75. The standard InChI is InChI=1S/C12H6ClF5N2O/c1-2-11(14,15)9-10(13)20-8-5-6(21-12(16,17)18)3-4-7(8)19-9/h2-5H,1H2. The Labute approximate surface area is 120 Å². The summed E-state index contributed by atoms with van der Waals surface area (Å²) in [6.45, 7) is 2.96. The summed E-state index contributed by atoms with van der Waals surface area (Å²) in [7, 11) is 0. The number of nitrogens with zero attached hydrogens (tertiary/aromatic N) is 2. The minimum absolute atomic E-state index is 0.0505. The van der Waals surface area contributed by atoms with Gasteiger partial charge in [0.05, 0.1) is 11.0 Å². The van der Waals surface area contributed by atoms with E-state index < -0.39 is 28.9 Å². The van der Waals surface area contributed by atoms with Gasteiger partial charge in [-0.2, -0.15) is 8.78 Å². The van der Waals surface area contributed by atoms with Crippen molar-refractivity contribution in [2.45, 2.75) is 12.3 Å². The van der Waals surface area contributed by atoms with E-state index >= 15 is 0 Å². The fraction of sp³-hybridized carbons (Fsp3) is 0.167. The van der Waals surface area contributed by atoms with Crippen LogP contribution in [-0.4, -0.2) is 16.3 Å². The van der Waals surface area contributed by atoms with E-state index in [0.717, 1.165) is 18.2 Å². The van der Waals surface area contributed by atoms with Crippen LogP contribution in [0.15, 0.2) is 30.9 Å². The SMILES string of the molecule is C=CC(F)(F)c1nc2ccc(OC(F)(F)F)cc2nc1Cl. The summed E-state index contributed by atoms with van der Waals surface area (Å²) in [5.74, 6) is -4.05. The Bertz CT molecular complexity index is 702. The first-order chi connectivity index (χ1) is 9.62. The average Bonchev–Trinajstić information content (AvgIpc) is 2.35. The van der Waals surface area contributed by atoms with Crippen LogP contribution in [0.4, 0.5) is 22.0 Å². The van der Waals surface area contributed by atoms with Crippen LogP contribution in [0.1, 0.15) is 5.69 Å². The Morgan fingerprint density at radius 2 is 1.76 bits per heavy atom. The molecule has 0 fully saturated rings. The van der Waals surface area contributed by atoms with Gasteiger partial charge in [-0.05, 0) is 18.2 Å². The molecule has 0 aliphatic heterocycles. The quantitative estimate of drug-likeness (QED) is 0.617. The molecule has 2 rings (SSSR count).